The number of nitrogens with zero attached hydrogens (tertiary/aromatic N) is 1. The highest BCUT2D eigenvalue weighted by Gasteiger charge is 2.25. The van der Waals surface area contributed by atoms with Crippen molar-refractivity contribution in [2.75, 3.05) is 19.3 Å². The molecule has 0 aromatic carbocycles. The summed E-state index contributed by atoms with van der Waals surface area (Å²) < 4.78 is 0. The third-order valence-electron chi connectivity index (χ3n) is 4.43. The van der Waals surface area contributed by atoms with Crippen LogP contribution >= 0.6 is 12.6 Å². The Morgan fingerprint density at radius 2 is 1.53 bits per heavy atom. The minimum absolute atomic E-state index is 0.0833. The Morgan fingerprint density at radius 1 is 0.947 bits per heavy atom. The molecule has 1 aliphatic rings. The number of rotatable bonds is 10. The quantitative estimate of drug-likeness (QED) is 0.470. The molecule has 1 rings (SSSR count). The second-order valence-corrected chi connectivity index (χ2v) is 6.55. The molecular weight excluding hydrogens is 254 g/mol. The first kappa shape index (κ1) is 17.3. The SMILES string of the molecule is CN(CCCCCCCCCS)C1CCCCC1O. The average Bonchev–Trinajstić information content (AvgIpc) is 2.42. The summed E-state index contributed by atoms with van der Waals surface area (Å²) in [5.74, 6) is 1.04. The maximum Gasteiger partial charge on any atom is 0.0695 e. The van der Waals surface area contributed by atoms with Gasteiger partial charge in [-0.3, -0.25) is 0 Å². The van der Waals surface area contributed by atoms with Crippen LogP contribution in [-0.2, 0) is 0 Å². The van der Waals surface area contributed by atoms with Crippen LogP contribution in [-0.4, -0.2) is 41.5 Å². The third-order valence-corrected chi connectivity index (χ3v) is 4.75. The predicted molar refractivity (Wildman–Crippen MR) is 87.1 cm³/mol. The van der Waals surface area contributed by atoms with E-state index >= 15 is 0 Å². The molecule has 0 spiro atoms. The number of hydrogen-bond donors (Lipinski definition) is 2. The summed E-state index contributed by atoms with van der Waals surface area (Å²) >= 11 is 4.23. The summed E-state index contributed by atoms with van der Waals surface area (Å²) in [4.78, 5) is 2.39. The molecule has 0 aromatic rings. The molecule has 1 fully saturated rings. The van der Waals surface area contributed by atoms with Gasteiger partial charge in [-0.15, -0.1) is 0 Å². The van der Waals surface area contributed by atoms with Gasteiger partial charge in [0.2, 0.25) is 0 Å². The maximum atomic E-state index is 10.0. The summed E-state index contributed by atoms with van der Waals surface area (Å²) in [5, 5.41) is 10.0. The molecule has 0 saturated heterocycles. The van der Waals surface area contributed by atoms with E-state index in [-0.39, 0.29) is 6.10 Å². The van der Waals surface area contributed by atoms with Crippen molar-refractivity contribution in [1.29, 1.82) is 0 Å². The Hall–Kier alpha value is 0.270. The van der Waals surface area contributed by atoms with E-state index in [0.717, 1.165) is 18.7 Å². The Labute approximate surface area is 125 Å². The van der Waals surface area contributed by atoms with Gasteiger partial charge >= 0.3 is 0 Å². The lowest BCUT2D eigenvalue weighted by Gasteiger charge is -2.35. The van der Waals surface area contributed by atoms with Crippen molar-refractivity contribution in [1.82, 2.24) is 4.90 Å². The Bertz CT molecular complexity index is 213. The topological polar surface area (TPSA) is 23.5 Å². The normalized spacial score (nSPS) is 24.0. The van der Waals surface area contributed by atoms with Crippen LogP contribution in [0, 0.1) is 0 Å². The van der Waals surface area contributed by atoms with E-state index in [4.69, 9.17) is 0 Å². The average molecular weight is 288 g/mol. The molecule has 0 amide bonds. The highest BCUT2D eigenvalue weighted by atomic mass is 32.1. The molecule has 114 valence electrons. The first-order valence-corrected chi connectivity index (χ1v) is 8.88. The second kappa shape index (κ2) is 11.0. The minimum Gasteiger partial charge on any atom is -0.391 e. The highest BCUT2D eigenvalue weighted by molar-refractivity contribution is 7.80. The van der Waals surface area contributed by atoms with Gasteiger partial charge in [0.15, 0.2) is 0 Å². The monoisotopic (exact) mass is 287 g/mol. The van der Waals surface area contributed by atoms with Gasteiger partial charge < -0.3 is 10.0 Å². The van der Waals surface area contributed by atoms with E-state index in [2.05, 4.69) is 24.6 Å². The minimum atomic E-state index is -0.0833. The molecule has 1 saturated carbocycles. The number of thiol groups is 1. The van der Waals surface area contributed by atoms with E-state index in [0.29, 0.717) is 6.04 Å². The molecule has 0 aromatic heterocycles. The van der Waals surface area contributed by atoms with E-state index in [1.807, 2.05) is 0 Å². The molecule has 1 N–H and O–H groups in total. The maximum absolute atomic E-state index is 10.0. The number of aliphatic hydroxyl groups is 1. The van der Waals surface area contributed by atoms with Gasteiger partial charge in [0.05, 0.1) is 6.10 Å². The molecule has 3 heteroatoms. The first-order chi connectivity index (χ1) is 9.25. The molecule has 0 aliphatic heterocycles. The summed E-state index contributed by atoms with van der Waals surface area (Å²) in [7, 11) is 2.19. The fraction of sp³-hybridized carbons (Fsp3) is 1.00. The van der Waals surface area contributed by atoms with Crippen LogP contribution in [0.15, 0.2) is 0 Å². The second-order valence-electron chi connectivity index (χ2n) is 6.10. The van der Waals surface area contributed by atoms with Crippen molar-refractivity contribution in [3.8, 4) is 0 Å². The highest BCUT2D eigenvalue weighted by Crippen LogP contribution is 2.22. The van der Waals surface area contributed by atoms with Crippen LogP contribution in [0.1, 0.15) is 70.6 Å². The van der Waals surface area contributed by atoms with Gasteiger partial charge in [0.25, 0.3) is 0 Å². The fourth-order valence-electron chi connectivity index (χ4n) is 3.13. The van der Waals surface area contributed by atoms with Gasteiger partial charge in [-0.2, -0.15) is 12.6 Å². The van der Waals surface area contributed by atoms with Crippen molar-refractivity contribution >= 4 is 12.6 Å². The third kappa shape index (κ3) is 7.57. The van der Waals surface area contributed by atoms with Crippen LogP contribution in [0.2, 0.25) is 0 Å². The Balaban J connectivity index is 1.96. The smallest absolute Gasteiger partial charge is 0.0695 e. The number of hydrogen-bond acceptors (Lipinski definition) is 3. The molecule has 1 aliphatic carbocycles. The van der Waals surface area contributed by atoms with E-state index in [9.17, 15) is 5.11 Å². The Morgan fingerprint density at radius 3 is 2.16 bits per heavy atom. The van der Waals surface area contributed by atoms with Crippen LogP contribution < -0.4 is 0 Å². The molecule has 2 atom stereocenters. The molecular formula is C16H33NOS. The fourth-order valence-corrected chi connectivity index (χ4v) is 3.35. The van der Waals surface area contributed by atoms with Crippen LogP contribution in [0.4, 0.5) is 0 Å². The summed E-state index contributed by atoms with van der Waals surface area (Å²) in [6.07, 6.45) is 14.0. The van der Waals surface area contributed by atoms with Crippen molar-refractivity contribution in [2.24, 2.45) is 0 Å². The largest absolute Gasteiger partial charge is 0.391 e. The number of unbranched alkanes of at least 4 members (excludes halogenated alkanes) is 6. The lowest BCUT2D eigenvalue weighted by atomic mass is 9.91. The van der Waals surface area contributed by atoms with Crippen LogP contribution in [0.3, 0.4) is 0 Å². The lowest BCUT2D eigenvalue weighted by Crippen LogP contribution is -2.43. The van der Waals surface area contributed by atoms with Gasteiger partial charge in [-0.25, -0.2) is 0 Å². The zero-order chi connectivity index (χ0) is 13.9. The molecule has 0 bridgehead atoms. The van der Waals surface area contributed by atoms with Gasteiger partial charge in [-0.1, -0.05) is 44.9 Å². The van der Waals surface area contributed by atoms with Gasteiger partial charge in [0.1, 0.15) is 0 Å². The van der Waals surface area contributed by atoms with Crippen molar-refractivity contribution in [3.05, 3.63) is 0 Å². The van der Waals surface area contributed by atoms with E-state index < -0.39 is 0 Å². The molecule has 2 unspecified atom stereocenters. The first-order valence-electron chi connectivity index (χ1n) is 8.25. The van der Waals surface area contributed by atoms with Crippen molar-refractivity contribution in [2.45, 2.75) is 82.8 Å². The zero-order valence-corrected chi connectivity index (χ0v) is 13.6. The lowest BCUT2D eigenvalue weighted by molar-refractivity contribution is 0.0315. The van der Waals surface area contributed by atoms with Crippen molar-refractivity contribution in [3.63, 3.8) is 0 Å². The predicted octanol–water partition coefficient (Wildman–Crippen LogP) is 3.88. The molecule has 2 nitrogen and oxygen atoms in total. The standard InChI is InChI=1S/C16H33NOS/c1-17(15-11-7-8-12-16(15)18)13-9-5-3-2-4-6-10-14-19/h15-16,18-19H,2-14H2,1H3. The number of aliphatic hydroxyl groups excluding tert-OH is 1. The van der Waals surface area contributed by atoms with Gasteiger partial charge in [-0.05, 0) is 45.0 Å². The zero-order valence-electron chi connectivity index (χ0n) is 12.7. The number of likely N-dealkylation sites (N-methyl/N-ethyl adjacent to an activating group) is 1. The molecule has 0 heterocycles. The van der Waals surface area contributed by atoms with Crippen molar-refractivity contribution < 1.29 is 5.11 Å². The summed E-state index contributed by atoms with van der Waals surface area (Å²) in [5.41, 5.74) is 0. The van der Waals surface area contributed by atoms with Crippen LogP contribution in [0.5, 0.6) is 0 Å². The summed E-state index contributed by atoms with van der Waals surface area (Å²) in [6, 6.07) is 0.420. The van der Waals surface area contributed by atoms with E-state index in [1.165, 1.54) is 64.2 Å². The Kier molecular flexibility index (Phi) is 10.0. The van der Waals surface area contributed by atoms with E-state index in [1.54, 1.807) is 0 Å². The molecule has 19 heavy (non-hydrogen) atoms. The summed E-state index contributed by atoms with van der Waals surface area (Å²) in [6.45, 7) is 1.15. The molecule has 0 radical (unpaired) electrons. The van der Waals surface area contributed by atoms with Gasteiger partial charge in [0, 0.05) is 6.04 Å². The van der Waals surface area contributed by atoms with Crippen LogP contribution in [0.25, 0.3) is 0 Å².